The Morgan fingerprint density at radius 3 is 2.59 bits per heavy atom. The van der Waals surface area contributed by atoms with Gasteiger partial charge in [0.1, 0.15) is 6.54 Å². The van der Waals surface area contributed by atoms with Gasteiger partial charge in [-0.15, -0.1) is 0 Å². The van der Waals surface area contributed by atoms with E-state index in [2.05, 4.69) is 12.2 Å². The highest BCUT2D eigenvalue weighted by molar-refractivity contribution is 5.80. The van der Waals surface area contributed by atoms with Crippen LogP contribution in [0.2, 0.25) is 0 Å². The molecule has 2 unspecified atom stereocenters. The Morgan fingerprint density at radius 2 is 2.12 bits per heavy atom. The number of carboxylic acid groups (broad SMARTS) is 1. The number of hydrogen-bond donors (Lipinski definition) is 2. The molecule has 5 nitrogen and oxygen atoms in total. The van der Waals surface area contributed by atoms with Crippen molar-refractivity contribution < 1.29 is 14.7 Å². The molecule has 2 N–H and O–H groups in total. The molecule has 2 atom stereocenters. The van der Waals surface area contributed by atoms with Crippen molar-refractivity contribution in [3.63, 3.8) is 0 Å². The second-order valence-corrected chi connectivity index (χ2v) is 5.18. The smallest absolute Gasteiger partial charge is 0.323 e. The van der Waals surface area contributed by atoms with Crippen molar-refractivity contribution >= 4 is 12.0 Å². The average molecular weight is 240 g/mol. The minimum absolute atomic E-state index is 0.189. The van der Waals surface area contributed by atoms with Crippen LogP contribution in [0.15, 0.2) is 0 Å². The lowest BCUT2D eigenvalue weighted by atomic mass is 10.3. The van der Waals surface area contributed by atoms with Gasteiger partial charge >= 0.3 is 12.0 Å². The zero-order chi connectivity index (χ0) is 12.4. The van der Waals surface area contributed by atoms with E-state index in [1.54, 1.807) is 0 Å². The fourth-order valence-corrected chi connectivity index (χ4v) is 2.12. The van der Waals surface area contributed by atoms with Gasteiger partial charge in [-0.1, -0.05) is 13.3 Å². The van der Waals surface area contributed by atoms with Crippen molar-refractivity contribution in [2.24, 2.45) is 11.8 Å². The van der Waals surface area contributed by atoms with Crippen molar-refractivity contribution in [1.82, 2.24) is 10.2 Å². The van der Waals surface area contributed by atoms with E-state index in [-0.39, 0.29) is 18.6 Å². The van der Waals surface area contributed by atoms with Gasteiger partial charge in [0.05, 0.1) is 0 Å². The number of rotatable bonds is 6. The van der Waals surface area contributed by atoms with Crippen LogP contribution in [-0.2, 0) is 4.79 Å². The van der Waals surface area contributed by atoms with Crippen molar-refractivity contribution in [3.8, 4) is 0 Å². The summed E-state index contributed by atoms with van der Waals surface area (Å²) in [6.45, 7) is 2.50. The van der Waals surface area contributed by atoms with Gasteiger partial charge in [-0.3, -0.25) is 4.79 Å². The summed E-state index contributed by atoms with van der Waals surface area (Å²) in [5, 5.41) is 11.7. The van der Waals surface area contributed by atoms with E-state index in [9.17, 15) is 9.59 Å². The van der Waals surface area contributed by atoms with E-state index >= 15 is 0 Å². The predicted molar refractivity (Wildman–Crippen MR) is 62.7 cm³/mol. The quantitative estimate of drug-likeness (QED) is 0.735. The minimum Gasteiger partial charge on any atom is -0.480 e. The molecule has 17 heavy (non-hydrogen) atoms. The Kier molecular flexibility index (Phi) is 3.54. The predicted octanol–water partition coefficient (Wildman–Crippen LogP) is 1.29. The van der Waals surface area contributed by atoms with Gasteiger partial charge in [0.15, 0.2) is 0 Å². The third kappa shape index (κ3) is 3.61. The van der Waals surface area contributed by atoms with Crippen molar-refractivity contribution in [1.29, 1.82) is 0 Å². The lowest BCUT2D eigenvalue weighted by Gasteiger charge is -2.21. The third-order valence-electron chi connectivity index (χ3n) is 3.54. The maximum Gasteiger partial charge on any atom is 0.323 e. The maximum absolute atomic E-state index is 11.9. The molecule has 2 fully saturated rings. The third-order valence-corrected chi connectivity index (χ3v) is 3.54. The van der Waals surface area contributed by atoms with Crippen molar-refractivity contribution in [2.45, 2.75) is 38.6 Å². The van der Waals surface area contributed by atoms with E-state index in [0.717, 1.165) is 25.7 Å². The van der Waals surface area contributed by atoms with Crippen LogP contribution in [0.5, 0.6) is 0 Å². The molecule has 2 saturated carbocycles. The topological polar surface area (TPSA) is 69.6 Å². The van der Waals surface area contributed by atoms with Crippen LogP contribution < -0.4 is 5.32 Å². The molecule has 2 rings (SSSR count). The fraction of sp³-hybridized carbons (Fsp3) is 0.833. The summed E-state index contributed by atoms with van der Waals surface area (Å²) in [5.41, 5.74) is 0. The van der Waals surface area contributed by atoms with Gasteiger partial charge in [-0.05, 0) is 31.1 Å². The summed E-state index contributed by atoms with van der Waals surface area (Å²) in [6, 6.07) is 0.0586. The van der Waals surface area contributed by atoms with Crippen LogP contribution in [0.4, 0.5) is 4.79 Å². The number of amides is 2. The van der Waals surface area contributed by atoms with E-state index in [1.807, 2.05) is 0 Å². The van der Waals surface area contributed by atoms with Gasteiger partial charge in [-0.25, -0.2) is 4.79 Å². The Morgan fingerprint density at radius 1 is 1.41 bits per heavy atom. The number of carbonyl (C=O) groups excluding carboxylic acids is 1. The second kappa shape index (κ2) is 4.94. The molecule has 0 aromatic carbocycles. The van der Waals surface area contributed by atoms with Crippen LogP contribution >= 0.6 is 0 Å². The Hall–Kier alpha value is -1.26. The number of aliphatic carboxylic acids is 1. The monoisotopic (exact) mass is 240 g/mol. The summed E-state index contributed by atoms with van der Waals surface area (Å²) in [5.74, 6) is 0.163. The molecule has 2 aliphatic rings. The van der Waals surface area contributed by atoms with Crippen molar-refractivity contribution in [2.75, 3.05) is 13.1 Å². The zero-order valence-electron chi connectivity index (χ0n) is 10.2. The van der Waals surface area contributed by atoms with E-state index in [0.29, 0.717) is 18.4 Å². The number of hydrogen-bond acceptors (Lipinski definition) is 2. The number of urea groups is 1. The van der Waals surface area contributed by atoms with E-state index in [4.69, 9.17) is 5.11 Å². The largest absolute Gasteiger partial charge is 0.480 e. The number of nitrogens with zero attached hydrogens (tertiary/aromatic N) is 1. The first-order valence-corrected chi connectivity index (χ1v) is 6.37. The Bertz CT molecular complexity index is 315. The minimum atomic E-state index is -0.941. The molecule has 2 aliphatic carbocycles. The normalized spacial score (nSPS) is 26.4. The van der Waals surface area contributed by atoms with Gasteiger partial charge in [-0.2, -0.15) is 0 Å². The molecule has 0 aromatic rings. The van der Waals surface area contributed by atoms with Gasteiger partial charge in [0, 0.05) is 12.6 Å². The lowest BCUT2D eigenvalue weighted by molar-refractivity contribution is -0.137. The molecule has 0 saturated heterocycles. The first kappa shape index (κ1) is 12.2. The number of carbonyl (C=O) groups is 2. The Labute approximate surface area is 101 Å². The summed E-state index contributed by atoms with van der Waals surface area (Å²) >= 11 is 0. The molecule has 5 heteroatoms. The van der Waals surface area contributed by atoms with Gasteiger partial charge in [0.25, 0.3) is 0 Å². The molecular formula is C12H20N2O3. The first-order chi connectivity index (χ1) is 8.10. The molecular weight excluding hydrogens is 220 g/mol. The molecule has 0 aromatic heterocycles. The van der Waals surface area contributed by atoms with Crippen LogP contribution in [0.3, 0.4) is 0 Å². The van der Waals surface area contributed by atoms with Gasteiger partial charge < -0.3 is 15.3 Å². The molecule has 96 valence electrons. The highest BCUT2D eigenvalue weighted by atomic mass is 16.4. The Balaban J connectivity index is 1.80. The van der Waals surface area contributed by atoms with E-state index in [1.165, 1.54) is 4.90 Å². The fourth-order valence-electron chi connectivity index (χ4n) is 2.12. The summed E-state index contributed by atoms with van der Waals surface area (Å²) < 4.78 is 0. The van der Waals surface area contributed by atoms with Crippen molar-refractivity contribution in [3.05, 3.63) is 0 Å². The molecule has 0 spiro atoms. The van der Waals surface area contributed by atoms with Gasteiger partial charge in [0.2, 0.25) is 0 Å². The highest BCUT2D eigenvalue weighted by Gasteiger charge is 2.38. The summed E-state index contributed by atoms with van der Waals surface area (Å²) in [4.78, 5) is 24.1. The zero-order valence-corrected chi connectivity index (χ0v) is 10.2. The number of nitrogens with one attached hydrogen (secondary N) is 1. The van der Waals surface area contributed by atoms with Crippen LogP contribution in [0, 0.1) is 11.8 Å². The molecule has 0 heterocycles. The van der Waals surface area contributed by atoms with Crippen LogP contribution in [0.25, 0.3) is 0 Å². The summed E-state index contributed by atoms with van der Waals surface area (Å²) in [6.07, 6.45) is 4.34. The molecule has 2 amide bonds. The standard InChI is InChI=1S/C12H20N2O3/c1-2-9-5-10(9)13-12(17)14(7-11(15)16)6-8-3-4-8/h8-10H,2-7H2,1H3,(H,13,17)(H,15,16). The van der Waals surface area contributed by atoms with Crippen LogP contribution in [-0.4, -0.2) is 41.1 Å². The molecule has 0 radical (unpaired) electrons. The van der Waals surface area contributed by atoms with Crippen LogP contribution in [0.1, 0.15) is 32.6 Å². The maximum atomic E-state index is 11.9. The summed E-state index contributed by atoms with van der Waals surface area (Å²) in [7, 11) is 0. The highest BCUT2D eigenvalue weighted by Crippen LogP contribution is 2.33. The first-order valence-electron chi connectivity index (χ1n) is 6.37. The molecule has 0 bridgehead atoms. The van der Waals surface area contributed by atoms with E-state index < -0.39 is 5.97 Å². The number of carboxylic acids is 1. The average Bonchev–Trinajstić information content (AvgIpc) is 3.11. The SMILES string of the molecule is CCC1CC1NC(=O)N(CC(=O)O)CC1CC1. The second-order valence-electron chi connectivity index (χ2n) is 5.18. The molecule has 0 aliphatic heterocycles. The lowest BCUT2D eigenvalue weighted by Crippen LogP contribution is -2.44.